The van der Waals surface area contributed by atoms with Crippen LogP contribution in [-0.4, -0.2) is 25.6 Å². The number of imidazole rings is 1. The molecular weight excluding hydrogens is 226 g/mol. The van der Waals surface area contributed by atoms with Gasteiger partial charge in [0.1, 0.15) is 0 Å². The van der Waals surface area contributed by atoms with Crippen LogP contribution in [-0.2, 0) is 6.54 Å². The molecule has 2 rings (SSSR count). The third kappa shape index (κ3) is 2.93. The van der Waals surface area contributed by atoms with Gasteiger partial charge in [-0.3, -0.25) is 0 Å². The molecule has 0 aliphatic rings. The number of anilines is 1. The van der Waals surface area contributed by atoms with Crippen LogP contribution in [0.25, 0.3) is 0 Å². The van der Waals surface area contributed by atoms with Gasteiger partial charge in [-0.15, -0.1) is 0 Å². The largest absolute Gasteiger partial charge is 0.350 e. The molecule has 1 atom stereocenters. The van der Waals surface area contributed by atoms with Crippen molar-refractivity contribution in [3.8, 4) is 0 Å². The van der Waals surface area contributed by atoms with Gasteiger partial charge in [-0.2, -0.15) is 0 Å². The molecule has 0 radical (unpaired) electrons. The van der Waals surface area contributed by atoms with Crippen molar-refractivity contribution in [2.75, 3.05) is 5.32 Å². The SMILES string of the molecule is CC(Cn1ccnc1)Nc1ncc(Cl)cn1. The van der Waals surface area contributed by atoms with Gasteiger partial charge in [-0.05, 0) is 6.92 Å². The number of hydrogen-bond acceptors (Lipinski definition) is 4. The van der Waals surface area contributed by atoms with Gasteiger partial charge >= 0.3 is 0 Å². The summed E-state index contributed by atoms with van der Waals surface area (Å²) >= 11 is 5.70. The van der Waals surface area contributed by atoms with Crippen molar-refractivity contribution in [3.63, 3.8) is 0 Å². The van der Waals surface area contributed by atoms with Crippen LogP contribution in [0.2, 0.25) is 5.02 Å². The summed E-state index contributed by atoms with van der Waals surface area (Å²) in [7, 11) is 0. The predicted molar refractivity (Wildman–Crippen MR) is 62.4 cm³/mol. The van der Waals surface area contributed by atoms with E-state index in [-0.39, 0.29) is 6.04 Å². The number of hydrogen-bond donors (Lipinski definition) is 1. The Balaban J connectivity index is 1.92. The van der Waals surface area contributed by atoms with Gasteiger partial charge in [0.05, 0.1) is 23.7 Å². The fourth-order valence-electron chi connectivity index (χ4n) is 1.36. The molecule has 16 heavy (non-hydrogen) atoms. The highest BCUT2D eigenvalue weighted by Gasteiger charge is 2.04. The minimum atomic E-state index is 0.218. The van der Waals surface area contributed by atoms with Crippen LogP contribution < -0.4 is 5.32 Å². The van der Waals surface area contributed by atoms with Crippen LogP contribution in [0, 0.1) is 0 Å². The normalized spacial score (nSPS) is 12.4. The fourth-order valence-corrected chi connectivity index (χ4v) is 1.46. The molecule has 0 bridgehead atoms. The average Bonchev–Trinajstić information content (AvgIpc) is 2.74. The van der Waals surface area contributed by atoms with Gasteiger partial charge in [0.25, 0.3) is 0 Å². The summed E-state index contributed by atoms with van der Waals surface area (Å²) in [6.07, 6.45) is 8.59. The zero-order valence-corrected chi connectivity index (χ0v) is 9.59. The third-order valence-electron chi connectivity index (χ3n) is 2.04. The minimum absolute atomic E-state index is 0.218. The molecule has 0 saturated carbocycles. The van der Waals surface area contributed by atoms with Gasteiger partial charge in [-0.25, -0.2) is 15.0 Å². The summed E-state index contributed by atoms with van der Waals surface area (Å²) in [5.41, 5.74) is 0. The average molecular weight is 238 g/mol. The summed E-state index contributed by atoms with van der Waals surface area (Å²) in [6, 6.07) is 0.218. The molecule has 2 aromatic rings. The Kier molecular flexibility index (Phi) is 3.36. The van der Waals surface area contributed by atoms with E-state index in [9.17, 15) is 0 Å². The highest BCUT2D eigenvalue weighted by molar-refractivity contribution is 6.30. The molecule has 0 aliphatic carbocycles. The topological polar surface area (TPSA) is 55.6 Å². The third-order valence-corrected chi connectivity index (χ3v) is 2.23. The van der Waals surface area contributed by atoms with Crippen LogP contribution in [0.3, 0.4) is 0 Å². The van der Waals surface area contributed by atoms with Gasteiger partial charge < -0.3 is 9.88 Å². The van der Waals surface area contributed by atoms with Crippen molar-refractivity contribution in [2.45, 2.75) is 19.5 Å². The van der Waals surface area contributed by atoms with E-state index in [2.05, 4.69) is 27.2 Å². The van der Waals surface area contributed by atoms with Crippen molar-refractivity contribution >= 4 is 17.5 Å². The summed E-state index contributed by atoms with van der Waals surface area (Å²) in [6.45, 7) is 2.87. The maximum Gasteiger partial charge on any atom is 0.222 e. The molecule has 1 unspecified atom stereocenters. The standard InChI is InChI=1S/C10H12ClN5/c1-8(6-16-3-2-12-7-16)15-10-13-4-9(11)5-14-10/h2-5,7-8H,6H2,1H3,(H,13,14,15). The highest BCUT2D eigenvalue weighted by atomic mass is 35.5. The molecule has 6 heteroatoms. The smallest absolute Gasteiger partial charge is 0.222 e. The number of rotatable bonds is 4. The van der Waals surface area contributed by atoms with E-state index >= 15 is 0 Å². The Labute approximate surface area is 98.5 Å². The van der Waals surface area contributed by atoms with Crippen molar-refractivity contribution in [1.29, 1.82) is 0 Å². The minimum Gasteiger partial charge on any atom is -0.350 e. The molecule has 2 heterocycles. The Morgan fingerprint density at radius 3 is 2.81 bits per heavy atom. The lowest BCUT2D eigenvalue weighted by Gasteiger charge is -2.13. The molecule has 84 valence electrons. The summed E-state index contributed by atoms with van der Waals surface area (Å²) in [5.74, 6) is 0.581. The zero-order chi connectivity index (χ0) is 11.4. The van der Waals surface area contributed by atoms with Gasteiger partial charge in [0, 0.05) is 25.0 Å². The molecular formula is C10H12ClN5. The second kappa shape index (κ2) is 4.94. The number of halogens is 1. The summed E-state index contributed by atoms with van der Waals surface area (Å²) < 4.78 is 1.99. The molecule has 0 fully saturated rings. The van der Waals surface area contributed by atoms with Crippen LogP contribution in [0.4, 0.5) is 5.95 Å². The molecule has 0 amide bonds. The van der Waals surface area contributed by atoms with Crippen molar-refractivity contribution in [1.82, 2.24) is 19.5 Å². The number of nitrogens with zero attached hydrogens (tertiary/aromatic N) is 4. The highest BCUT2D eigenvalue weighted by Crippen LogP contribution is 2.07. The molecule has 0 saturated heterocycles. The van der Waals surface area contributed by atoms with E-state index < -0.39 is 0 Å². The molecule has 5 nitrogen and oxygen atoms in total. The number of aromatic nitrogens is 4. The van der Waals surface area contributed by atoms with E-state index in [4.69, 9.17) is 11.6 Å². The first-order valence-corrected chi connectivity index (χ1v) is 5.31. The second-order valence-electron chi connectivity index (χ2n) is 3.53. The van der Waals surface area contributed by atoms with E-state index in [0.717, 1.165) is 6.54 Å². The first kappa shape index (κ1) is 10.9. The molecule has 2 aromatic heterocycles. The molecule has 1 N–H and O–H groups in total. The maximum atomic E-state index is 5.70. The van der Waals surface area contributed by atoms with E-state index in [1.54, 1.807) is 24.9 Å². The first-order valence-electron chi connectivity index (χ1n) is 4.94. The van der Waals surface area contributed by atoms with Gasteiger partial charge in [-0.1, -0.05) is 11.6 Å². The van der Waals surface area contributed by atoms with Gasteiger partial charge in [0.15, 0.2) is 0 Å². The van der Waals surface area contributed by atoms with Crippen LogP contribution in [0.1, 0.15) is 6.92 Å². The predicted octanol–water partition coefficient (Wildman–Crippen LogP) is 1.83. The molecule has 0 aromatic carbocycles. The Hall–Kier alpha value is -1.62. The first-order chi connectivity index (χ1) is 7.74. The lowest BCUT2D eigenvalue weighted by atomic mass is 10.3. The van der Waals surface area contributed by atoms with E-state index in [0.29, 0.717) is 11.0 Å². The number of nitrogens with one attached hydrogen (secondary N) is 1. The quantitative estimate of drug-likeness (QED) is 0.882. The lowest BCUT2D eigenvalue weighted by Crippen LogP contribution is -2.22. The fraction of sp³-hybridized carbons (Fsp3) is 0.300. The lowest BCUT2D eigenvalue weighted by molar-refractivity contribution is 0.615. The van der Waals surface area contributed by atoms with Crippen molar-refractivity contribution in [3.05, 3.63) is 36.1 Å². The van der Waals surface area contributed by atoms with Crippen LogP contribution >= 0.6 is 11.6 Å². The van der Waals surface area contributed by atoms with Crippen LogP contribution in [0.5, 0.6) is 0 Å². The Morgan fingerprint density at radius 1 is 1.44 bits per heavy atom. The Morgan fingerprint density at radius 2 is 2.19 bits per heavy atom. The summed E-state index contributed by atoms with van der Waals surface area (Å²) in [4.78, 5) is 12.1. The van der Waals surface area contributed by atoms with Crippen LogP contribution in [0.15, 0.2) is 31.1 Å². The molecule has 0 aliphatic heterocycles. The van der Waals surface area contributed by atoms with Gasteiger partial charge in [0.2, 0.25) is 5.95 Å². The van der Waals surface area contributed by atoms with Crippen molar-refractivity contribution in [2.24, 2.45) is 0 Å². The van der Waals surface area contributed by atoms with E-state index in [1.807, 2.05) is 10.8 Å². The van der Waals surface area contributed by atoms with E-state index in [1.165, 1.54) is 0 Å². The summed E-state index contributed by atoms with van der Waals surface area (Å²) in [5, 5.41) is 3.71. The molecule has 0 spiro atoms. The Bertz CT molecular complexity index is 425. The van der Waals surface area contributed by atoms with Crippen molar-refractivity contribution < 1.29 is 0 Å². The second-order valence-corrected chi connectivity index (χ2v) is 3.97. The monoisotopic (exact) mass is 237 g/mol. The maximum absolute atomic E-state index is 5.70. The zero-order valence-electron chi connectivity index (χ0n) is 8.84.